The molecule has 0 spiro atoms. The summed E-state index contributed by atoms with van der Waals surface area (Å²) in [6, 6.07) is 3.47. The summed E-state index contributed by atoms with van der Waals surface area (Å²) in [4.78, 5) is 0. The summed E-state index contributed by atoms with van der Waals surface area (Å²) in [5.74, 6) is 0.655. The van der Waals surface area contributed by atoms with Crippen LogP contribution in [0.1, 0.15) is 18.9 Å². The van der Waals surface area contributed by atoms with Gasteiger partial charge in [-0.25, -0.2) is 0 Å². The third-order valence-electron chi connectivity index (χ3n) is 2.48. The lowest BCUT2D eigenvalue weighted by atomic mass is 10.1. The fourth-order valence-electron chi connectivity index (χ4n) is 1.67. The molecule has 0 bridgehead atoms. The maximum Gasteiger partial charge on any atom is 0.392 e. The first-order chi connectivity index (χ1) is 9.23. The first-order valence-corrected chi connectivity index (χ1v) is 6.83. The van der Waals surface area contributed by atoms with E-state index in [2.05, 4.69) is 15.9 Å². The van der Waals surface area contributed by atoms with Crippen LogP contribution in [0.25, 0.3) is 0 Å². The van der Waals surface area contributed by atoms with Crippen LogP contribution in [0, 0.1) is 0 Å². The van der Waals surface area contributed by atoms with Crippen molar-refractivity contribution in [3.8, 4) is 11.5 Å². The molecule has 2 N–H and O–H groups in total. The van der Waals surface area contributed by atoms with Gasteiger partial charge >= 0.3 is 6.18 Å². The van der Waals surface area contributed by atoms with Crippen LogP contribution in [-0.2, 0) is 6.42 Å². The number of methoxy groups -OCH3 is 1. The van der Waals surface area contributed by atoms with Crippen molar-refractivity contribution in [1.82, 2.24) is 0 Å². The fraction of sp³-hybridized carbons (Fsp3) is 0.538. The fourth-order valence-corrected chi connectivity index (χ4v) is 2.28. The summed E-state index contributed by atoms with van der Waals surface area (Å²) in [7, 11) is 1.44. The minimum atomic E-state index is -4.24. The highest BCUT2D eigenvalue weighted by atomic mass is 79.9. The monoisotopic (exact) mass is 355 g/mol. The summed E-state index contributed by atoms with van der Waals surface area (Å²) in [6.45, 7) is 1.42. The SMILES string of the molecule is COc1cc(CC(C)N)cc(Br)c1OCCC(F)(F)F. The Labute approximate surface area is 124 Å². The van der Waals surface area contributed by atoms with E-state index in [4.69, 9.17) is 15.2 Å². The number of halogens is 4. The maximum atomic E-state index is 12.1. The van der Waals surface area contributed by atoms with Gasteiger partial charge in [-0.1, -0.05) is 0 Å². The van der Waals surface area contributed by atoms with Crippen LogP contribution in [0.5, 0.6) is 11.5 Å². The van der Waals surface area contributed by atoms with Crippen LogP contribution in [0.3, 0.4) is 0 Å². The molecule has 20 heavy (non-hydrogen) atoms. The molecule has 0 amide bonds. The first kappa shape index (κ1) is 17.1. The zero-order chi connectivity index (χ0) is 15.3. The second-order valence-corrected chi connectivity index (χ2v) is 5.36. The van der Waals surface area contributed by atoms with Gasteiger partial charge in [0.15, 0.2) is 11.5 Å². The molecule has 0 fully saturated rings. The smallest absolute Gasteiger partial charge is 0.392 e. The van der Waals surface area contributed by atoms with Crippen molar-refractivity contribution in [3.05, 3.63) is 22.2 Å². The van der Waals surface area contributed by atoms with Gasteiger partial charge in [0.05, 0.1) is 24.6 Å². The van der Waals surface area contributed by atoms with Gasteiger partial charge in [0.1, 0.15) is 0 Å². The summed E-state index contributed by atoms with van der Waals surface area (Å²) in [6.07, 6.45) is -4.61. The van der Waals surface area contributed by atoms with Crippen molar-refractivity contribution in [2.24, 2.45) is 5.73 Å². The Morgan fingerprint density at radius 3 is 2.50 bits per heavy atom. The highest BCUT2D eigenvalue weighted by Crippen LogP contribution is 2.37. The number of alkyl halides is 3. The molecule has 0 saturated carbocycles. The molecule has 114 valence electrons. The summed E-state index contributed by atoms with van der Waals surface area (Å²) >= 11 is 3.28. The number of hydrogen-bond acceptors (Lipinski definition) is 3. The number of benzene rings is 1. The molecule has 7 heteroatoms. The zero-order valence-electron chi connectivity index (χ0n) is 11.3. The van der Waals surface area contributed by atoms with Gasteiger partial charge in [0.25, 0.3) is 0 Å². The molecule has 3 nitrogen and oxygen atoms in total. The van der Waals surface area contributed by atoms with Gasteiger partial charge in [0.2, 0.25) is 0 Å². The Kier molecular flexibility index (Phi) is 6.13. The number of nitrogens with two attached hydrogens (primary N) is 1. The number of rotatable bonds is 6. The van der Waals surface area contributed by atoms with Gasteiger partial charge in [-0.3, -0.25) is 0 Å². The van der Waals surface area contributed by atoms with E-state index in [9.17, 15) is 13.2 Å². The third kappa shape index (κ3) is 5.58. The van der Waals surface area contributed by atoms with E-state index >= 15 is 0 Å². The van der Waals surface area contributed by atoms with E-state index < -0.39 is 19.2 Å². The van der Waals surface area contributed by atoms with Crippen LogP contribution < -0.4 is 15.2 Å². The predicted octanol–water partition coefficient (Wildman–Crippen LogP) is 3.68. The number of ether oxygens (including phenoxy) is 2. The van der Waals surface area contributed by atoms with Crippen molar-refractivity contribution in [2.45, 2.75) is 32.0 Å². The third-order valence-corrected chi connectivity index (χ3v) is 3.07. The van der Waals surface area contributed by atoms with Crippen molar-refractivity contribution in [1.29, 1.82) is 0 Å². The van der Waals surface area contributed by atoms with Crippen molar-refractivity contribution in [2.75, 3.05) is 13.7 Å². The van der Waals surface area contributed by atoms with E-state index in [0.29, 0.717) is 16.6 Å². The molecule has 1 atom stereocenters. The van der Waals surface area contributed by atoms with Crippen LogP contribution >= 0.6 is 15.9 Å². The lowest BCUT2D eigenvalue weighted by Crippen LogP contribution is -2.18. The molecule has 0 aliphatic carbocycles. The molecule has 0 radical (unpaired) electrons. The molecular weight excluding hydrogens is 339 g/mol. The lowest BCUT2D eigenvalue weighted by molar-refractivity contribution is -0.139. The normalized spacial score (nSPS) is 13.2. The van der Waals surface area contributed by atoms with Gasteiger partial charge in [-0.2, -0.15) is 13.2 Å². The van der Waals surface area contributed by atoms with E-state index in [-0.39, 0.29) is 11.8 Å². The minimum Gasteiger partial charge on any atom is -0.493 e. The molecular formula is C13H17BrF3NO2. The van der Waals surface area contributed by atoms with E-state index in [1.165, 1.54) is 7.11 Å². The summed E-state index contributed by atoms with van der Waals surface area (Å²) in [5.41, 5.74) is 6.64. The predicted molar refractivity (Wildman–Crippen MR) is 74.2 cm³/mol. The molecule has 1 aromatic carbocycles. The summed E-state index contributed by atoms with van der Waals surface area (Å²) in [5, 5.41) is 0. The largest absolute Gasteiger partial charge is 0.493 e. The Balaban J connectivity index is 2.85. The van der Waals surface area contributed by atoms with Gasteiger partial charge in [0, 0.05) is 6.04 Å². The van der Waals surface area contributed by atoms with Gasteiger partial charge in [-0.05, 0) is 47.0 Å². The second-order valence-electron chi connectivity index (χ2n) is 4.50. The number of hydrogen-bond donors (Lipinski definition) is 1. The molecule has 1 aromatic rings. The average molecular weight is 356 g/mol. The van der Waals surface area contributed by atoms with Crippen LogP contribution in [0.15, 0.2) is 16.6 Å². The molecule has 0 aromatic heterocycles. The molecule has 0 aliphatic heterocycles. The standard InChI is InChI=1S/C13H17BrF3NO2/c1-8(18)5-9-6-10(14)12(11(7-9)19-2)20-4-3-13(15,16)17/h6-8H,3-5,18H2,1-2H3. The van der Waals surface area contributed by atoms with E-state index in [1.54, 1.807) is 12.1 Å². The van der Waals surface area contributed by atoms with Crippen LogP contribution in [-0.4, -0.2) is 25.9 Å². The Bertz CT molecular complexity index is 450. The van der Waals surface area contributed by atoms with Crippen LogP contribution in [0.4, 0.5) is 13.2 Å². The lowest BCUT2D eigenvalue weighted by Gasteiger charge is -2.15. The highest BCUT2D eigenvalue weighted by Gasteiger charge is 2.27. The van der Waals surface area contributed by atoms with Crippen molar-refractivity contribution < 1.29 is 22.6 Å². The average Bonchev–Trinajstić information content (AvgIpc) is 2.29. The zero-order valence-corrected chi connectivity index (χ0v) is 12.8. The highest BCUT2D eigenvalue weighted by molar-refractivity contribution is 9.10. The van der Waals surface area contributed by atoms with E-state index in [0.717, 1.165) is 5.56 Å². The Morgan fingerprint density at radius 2 is 2.00 bits per heavy atom. The minimum absolute atomic E-state index is 0.0244. The van der Waals surface area contributed by atoms with Crippen LogP contribution in [0.2, 0.25) is 0 Å². The van der Waals surface area contributed by atoms with Gasteiger partial charge < -0.3 is 15.2 Å². The van der Waals surface area contributed by atoms with E-state index in [1.807, 2.05) is 6.92 Å². The Hall–Kier alpha value is -0.950. The van der Waals surface area contributed by atoms with Crippen molar-refractivity contribution in [3.63, 3.8) is 0 Å². The molecule has 0 aliphatic rings. The molecule has 0 heterocycles. The Morgan fingerprint density at radius 1 is 1.35 bits per heavy atom. The molecule has 1 unspecified atom stereocenters. The molecule has 1 rings (SSSR count). The van der Waals surface area contributed by atoms with Crippen molar-refractivity contribution >= 4 is 15.9 Å². The second kappa shape index (κ2) is 7.17. The maximum absolute atomic E-state index is 12.1. The topological polar surface area (TPSA) is 44.5 Å². The summed E-state index contributed by atoms with van der Waals surface area (Å²) < 4.78 is 47.2. The molecule has 0 saturated heterocycles. The van der Waals surface area contributed by atoms with Gasteiger partial charge in [-0.15, -0.1) is 0 Å². The first-order valence-electron chi connectivity index (χ1n) is 6.04. The quantitative estimate of drug-likeness (QED) is 0.846.